The van der Waals surface area contributed by atoms with Gasteiger partial charge in [-0.1, -0.05) is 18.2 Å². The molecule has 0 bridgehead atoms. The van der Waals surface area contributed by atoms with Crippen molar-refractivity contribution < 1.29 is 9.59 Å². The van der Waals surface area contributed by atoms with Crippen LogP contribution in [0.3, 0.4) is 0 Å². The largest absolute Gasteiger partial charge is 0.345 e. The van der Waals surface area contributed by atoms with Gasteiger partial charge in [0.15, 0.2) is 0 Å². The van der Waals surface area contributed by atoms with Crippen molar-refractivity contribution >= 4 is 23.3 Å². The first-order valence-electron chi connectivity index (χ1n) is 7.34. The van der Waals surface area contributed by atoms with E-state index in [2.05, 4.69) is 10.6 Å². The number of hydrogen-bond acceptors (Lipinski definition) is 2. The lowest BCUT2D eigenvalue weighted by Crippen LogP contribution is -2.23. The van der Waals surface area contributed by atoms with E-state index in [-0.39, 0.29) is 11.9 Å². The van der Waals surface area contributed by atoms with Crippen molar-refractivity contribution in [2.24, 2.45) is 0 Å². The second kappa shape index (κ2) is 6.96. The Morgan fingerprint density at radius 2 is 1.70 bits per heavy atom. The minimum absolute atomic E-state index is 0.108. The van der Waals surface area contributed by atoms with Crippen molar-refractivity contribution in [1.82, 2.24) is 4.90 Å². The maximum Gasteiger partial charge on any atom is 0.323 e. The lowest BCUT2D eigenvalue weighted by Gasteiger charge is -2.13. The van der Waals surface area contributed by atoms with Crippen LogP contribution in [0.1, 0.15) is 21.5 Å². The number of rotatable bonds is 3. The van der Waals surface area contributed by atoms with Crippen LogP contribution >= 0.6 is 0 Å². The van der Waals surface area contributed by atoms with Crippen molar-refractivity contribution in [2.45, 2.75) is 13.8 Å². The molecule has 2 rings (SSSR count). The van der Waals surface area contributed by atoms with E-state index < -0.39 is 0 Å². The molecule has 0 atom stereocenters. The zero-order chi connectivity index (χ0) is 17.0. The molecule has 0 aliphatic heterocycles. The fraction of sp³-hybridized carbons (Fsp3) is 0.222. The lowest BCUT2D eigenvalue weighted by molar-refractivity contribution is 0.0827. The Labute approximate surface area is 136 Å². The second-order valence-corrected chi connectivity index (χ2v) is 5.68. The molecule has 0 heterocycles. The maximum atomic E-state index is 12.1. The van der Waals surface area contributed by atoms with Crippen molar-refractivity contribution in [3.63, 3.8) is 0 Å². The van der Waals surface area contributed by atoms with Crippen LogP contribution in [-0.2, 0) is 0 Å². The highest BCUT2D eigenvalue weighted by Crippen LogP contribution is 2.17. The van der Waals surface area contributed by atoms with Crippen molar-refractivity contribution in [3.8, 4) is 0 Å². The molecule has 0 fully saturated rings. The molecule has 3 amide bonds. The minimum Gasteiger partial charge on any atom is -0.345 e. The van der Waals surface area contributed by atoms with Gasteiger partial charge in [0.05, 0.1) is 0 Å². The molecule has 2 N–H and O–H groups in total. The first-order chi connectivity index (χ1) is 10.9. The molecular formula is C18H21N3O2. The smallest absolute Gasteiger partial charge is 0.323 e. The van der Waals surface area contributed by atoms with Crippen LogP contribution in [-0.4, -0.2) is 30.9 Å². The molecule has 23 heavy (non-hydrogen) atoms. The van der Waals surface area contributed by atoms with Gasteiger partial charge in [0.1, 0.15) is 0 Å². The van der Waals surface area contributed by atoms with Crippen LogP contribution in [0.2, 0.25) is 0 Å². The Bertz CT molecular complexity index is 739. The number of urea groups is 1. The molecule has 0 saturated carbocycles. The number of anilines is 2. The molecule has 0 aromatic heterocycles. The molecule has 120 valence electrons. The first kappa shape index (κ1) is 16.5. The van der Waals surface area contributed by atoms with Crippen LogP contribution < -0.4 is 10.6 Å². The zero-order valence-electron chi connectivity index (χ0n) is 13.8. The highest BCUT2D eigenvalue weighted by molar-refractivity contribution is 6.01. The molecular weight excluding hydrogens is 290 g/mol. The van der Waals surface area contributed by atoms with E-state index in [0.29, 0.717) is 11.3 Å². The Kier molecular flexibility index (Phi) is 5.01. The summed E-state index contributed by atoms with van der Waals surface area (Å²) in [5.41, 5.74) is 3.93. The molecule has 2 aromatic carbocycles. The summed E-state index contributed by atoms with van der Waals surface area (Å²) >= 11 is 0. The lowest BCUT2D eigenvalue weighted by atomic mass is 10.1. The van der Waals surface area contributed by atoms with E-state index in [4.69, 9.17) is 0 Å². The Balaban J connectivity index is 2.10. The third-order valence-electron chi connectivity index (χ3n) is 3.41. The van der Waals surface area contributed by atoms with Gasteiger partial charge in [0.25, 0.3) is 5.91 Å². The van der Waals surface area contributed by atoms with Crippen LogP contribution in [0.25, 0.3) is 0 Å². The van der Waals surface area contributed by atoms with Gasteiger partial charge in [-0.2, -0.15) is 0 Å². The summed E-state index contributed by atoms with van der Waals surface area (Å²) in [4.78, 5) is 25.6. The highest BCUT2D eigenvalue weighted by atomic mass is 16.2. The Hall–Kier alpha value is -2.82. The molecule has 0 unspecified atom stereocenters. The normalized spacial score (nSPS) is 10.1. The summed E-state index contributed by atoms with van der Waals surface area (Å²) in [6.07, 6.45) is 0. The number of nitrogens with zero attached hydrogens (tertiary/aromatic N) is 1. The van der Waals surface area contributed by atoms with Gasteiger partial charge in [-0.3, -0.25) is 4.79 Å². The fourth-order valence-electron chi connectivity index (χ4n) is 2.14. The third-order valence-corrected chi connectivity index (χ3v) is 3.41. The summed E-state index contributed by atoms with van der Waals surface area (Å²) in [5.74, 6) is -0.108. The van der Waals surface area contributed by atoms with Gasteiger partial charge in [-0.05, 0) is 49.2 Å². The van der Waals surface area contributed by atoms with Gasteiger partial charge in [0, 0.05) is 31.0 Å². The van der Waals surface area contributed by atoms with E-state index in [0.717, 1.165) is 16.8 Å². The quantitative estimate of drug-likeness (QED) is 0.909. The van der Waals surface area contributed by atoms with Crippen molar-refractivity contribution in [1.29, 1.82) is 0 Å². The summed E-state index contributed by atoms with van der Waals surface area (Å²) in [7, 11) is 3.38. The van der Waals surface area contributed by atoms with Crippen molar-refractivity contribution in [3.05, 3.63) is 59.2 Å². The van der Waals surface area contributed by atoms with Gasteiger partial charge in [-0.25, -0.2) is 4.79 Å². The fourth-order valence-corrected chi connectivity index (χ4v) is 2.14. The first-order valence-corrected chi connectivity index (χ1v) is 7.34. The molecule has 0 saturated heterocycles. The molecule has 0 aliphatic carbocycles. The Morgan fingerprint density at radius 3 is 2.39 bits per heavy atom. The number of aryl methyl sites for hydroxylation is 2. The van der Waals surface area contributed by atoms with Crippen LogP contribution in [0.4, 0.5) is 16.2 Å². The monoisotopic (exact) mass is 311 g/mol. The predicted octanol–water partition coefficient (Wildman–Crippen LogP) is 3.65. The average molecular weight is 311 g/mol. The van der Waals surface area contributed by atoms with Gasteiger partial charge >= 0.3 is 6.03 Å². The van der Waals surface area contributed by atoms with Gasteiger partial charge in [-0.15, -0.1) is 0 Å². The number of nitrogens with one attached hydrogen (secondary N) is 2. The van der Waals surface area contributed by atoms with Crippen LogP contribution in [0, 0.1) is 13.8 Å². The highest BCUT2D eigenvalue weighted by Gasteiger charge is 2.10. The van der Waals surface area contributed by atoms with E-state index in [1.807, 2.05) is 32.0 Å². The summed E-state index contributed by atoms with van der Waals surface area (Å²) in [5, 5.41) is 5.58. The molecule has 0 aliphatic rings. The molecule has 0 radical (unpaired) electrons. The summed E-state index contributed by atoms with van der Waals surface area (Å²) in [6, 6.07) is 12.4. The molecule has 5 nitrogen and oxygen atoms in total. The Morgan fingerprint density at radius 1 is 0.957 bits per heavy atom. The number of benzene rings is 2. The predicted molar refractivity (Wildman–Crippen MR) is 93.0 cm³/mol. The second-order valence-electron chi connectivity index (χ2n) is 5.68. The molecule has 0 spiro atoms. The van der Waals surface area contributed by atoms with Gasteiger partial charge < -0.3 is 15.5 Å². The topological polar surface area (TPSA) is 61.4 Å². The standard InChI is InChI=1S/C18H21N3O2/c1-12-8-9-13(2)16(10-12)20-18(23)19-15-7-5-6-14(11-15)17(22)21(3)4/h5-11H,1-4H3,(H2,19,20,23). The number of carbonyl (C=O) groups excluding carboxylic acids is 2. The maximum absolute atomic E-state index is 12.1. The van der Waals surface area contributed by atoms with E-state index in [1.165, 1.54) is 4.90 Å². The van der Waals surface area contributed by atoms with Crippen molar-refractivity contribution in [2.75, 3.05) is 24.7 Å². The molecule has 5 heteroatoms. The van der Waals surface area contributed by atoms with Crippen LogP contribution in [0.15, 0.2) is 42.5 Å². The van der Waals surface area contributed by atoms with E-state index in [9.17, 15) is 9.59 Å². The average Bonchev–Trinajstić information content (AvgIpc) is 2.50. The van der Waals surface area contributed by atoms with E-state index >= 15 is 0 Å². The number of carbonyl (C=O) groups is 2. The summed E-state index contributed by atoms with van der Waals surface area (Å²) < 4.78 is 0. The zero-order valence-corrected chi connectivity index (χ0v) is 13.8. The number of amides is 3. The van der Waals surface area contributed by atoms with E-state index in [1.54, 1.807) is 38.4 Å². The minimum atomic E-state index is -0.340. The summed E-state index contributed by atoms with van der Waals surface area (Å²) in [6.45, 7) is 3.91. The SMILES string of the molecule is Cc1ccc(C)c(NC(=O)Nc2cccc(C(=O)N(C)C)c2)c1. The van der Waals surface area contributed by atoms with Gasteiger partial charge in [0.2, 0.25) is 0 Å². The van der Waals surface area contributed by atoms with Crippen LogP contribution in [0.5, 0.6) is 0 Å². The third kappa shape index (κ3) is 4.32. The molecule has 2 aromatic rings. The number of hydrogen-bond donors (Lipinski definition) is 2.